The number of hydrogen-bond donors (Lipinski definition) is 1. The Morgan fingerprint density at radius 2 is 1.77 bits per heavy atom. The number of hydrogen-bond acceptors (Lipinski definition) is 6. The second-order valence-electron chi connectivity index (χ2n) is 8.90. The number of amides is 1. The molecular formula is C26H31N3O5S. The van der Waals surface area contributed by atoms with Gasteiger partial charge in [0.05, 0.1) is 10.5 Å². The van der Waals surface area contributed by atoms with Crippen molar-refractivity contribution in [2.75, 3.05) is 36.4 Å². The molecule has 9 heteroatoms. The number of fused-ring (bicyclic) bond motifs is 1. The first kappa shape index (κ1) is 24.9. The summed E-state index contributed by atoms with van der Waals surface area (Å²) in [5.74, 6) is 0.218. The monoisotopic (exact) mass is 497 g/mol. The van der Waals surface area contributed by atoms with Gasteiger partial charge in [-0.25, -0.2) is 13.2 Å². The molecule has 0 unspecified atom stereocenters. The third-order valence-electron chi connectivity index (χ3n) is 6.56. The minimum atomic E-state index is -3.73. The van der Waals surface area contributed by atoms with E-state index in [-0.39, 0.29) is 4.90 Å². The highest BCUT2D eigenvalue weighted by Crippen LogP contribution is 2.30. The fourth-order valence-electron chi connectivity index (χ4n) is 4.44. The van der Waals surface area contributed by atoms with E-state index in [1.54, 1.807) is 50.2 Å². The molecule has 0 radical (unpaired) electrons. The summed E-state index contributed by atoms with van der Waals surface area (Å²) in [4.78, 5) is 27.2. The van der Waals surface area contributed by atoms with Crippen molar-refractivity contribution in [1.29, 1.82) is 0 Å². The number of anilines is 2. The number of sulfonamides is 1. The van der Waals surface area contributed by atoms with Gasteiger partial charge in [0.2, 0.25) is 10.0 Å². The van der Waals surface area contributed by atoms with Crippen LogP contribution in [0.2, 0.25) is 0 Å². The maximum atomic E-state index is 13.5. The number of nitrogens with zero attached hydrogens (tertiary/aromatic N) is 2. The summed E-state index contributed by atoms with van der Waals surface area (Å²) < 4.78 is 32.9. The smallest absolute Gasteiger partial charge is 0.336 e. The predicted octanol–water partition coefficient (Wildman–Crippen LogP) is 4.31. The van der Waals surface area contributed by atoms with Crippen LogP contribution in [0.3, 0.4) is 0 Å². The molecule has 8 nitrogen and oxygen atoms in total. The lowest BCUT2D eigenvalue weighted by Gasteiger charge is -2.33. The number of carbonyl (C=O) groups excluding carboxylic acids is 1. The summed E-state index contributed by atoms with van der Waals surface area (Å²) in [7, 11) is -3.73. The fourth-order valence-corrected chi connectivity index (χ4v) is 5.93. The molecule has 0 atom stereocenters. The number of carbonyl (C=O) groups is 1. The molecule has 186 valence electrons. The lowest BCUT2D eigenvalue weighted by Crippen LogP contribution is -2.35. The first-order chi connectivity index (χ1) is 16.7. The highest BCUT2D eigenvalue weighted by molar-refractivity contribution is 7.89. The minimum absolute atomic E-state index is 0.0979. The quantitative estimate of drug-likeness (QED) is 0.488. The Hall–Kier alpha value is -3.17. The molecule has 35 heavy (non-hydrogen) atoms. The summed E-state index contributed by atoms with van der Waals surface area (Å²) in [5.41, 5.74) is 1.53. The molecule has 2 aromatic carbocycles. The van der Waals surface area contributed by atoms with Gasteiger partial charge < -0.3 is 14.6 Å². The number of piperidine rings is 1. The second kappa shape index (κ2) is 10.2. The average Bonchev–Trinajstić information content (AvgIpc) is 2.85. The van der Waals surface area contributed by atoms with Crippen molar-refractivity contribution in [2.24, 2.45) is 5.92 Å². The lowest BCUT2D eigenvalue weighted by atomic mass is 9.98. The van der Waals surface area contributed by atoms with Crippen LogP contribution < -0.4 is 15.8 Å². The van der Waals surface area contributed by atoms with Gasteiger partial charge in [-0.3, -0.25) is 4.79 Å². The van der Waals surface area contributed by atoms with Gasteiger partial charge in [-0.1, -0.05) is 20.8 Å². The van der Waals surface area contributed by atoms with E-state index in [2.05, 4.69) is 17.1 Å². The van der Waals surface area contributed by atoms with Crippen molar-refractivity contribution in [3.8, 4) is 0 Å². The van der Waals surface area contributed by atoms with E-state index in [9.17, 15) is 18.0 Å². The van der Waals surface area contributed by atoms with Gasteiger partial charge in [0.15, 0.2) is 0 Å². The van der Waals surface area contributed by atoms with Crippen LogP contribution in [0.1, 0.15) is 44.0 Å². The van der Waals surface area contributed by atoms with Gasteiger partial charge in [-0.05, 0) is 61.2 Å². The lowest BCUT2D eigenvalue weighted by molar-refractivity contribution is 0.102. The van der Waals surface area contributed by atoms with E-state index < -0.39 is 21.6 Å². The Kier molecular flexibility index (Phi) is 7.28. The Bertz CT molecular complexity index is 1390. The summed E-state index contributed by atoms with van der Waals surface area (Å²) in [6.07, 6.45) is 2.02. The Morgan fingerprint density at radius 3 is 2.46 bits per heavy atom. The second-order valence-corrected chi connectivity index (χ2v) is 10.8. The molecule has 4 rings (SSSR count). The van der Waals surface area contributed by atoms with Gasteiger partial charge >= 0.3 is 5.63 Å². The van der Waals surface area contributed by atoms with E-state index in [0.29, 0.717) is 41.2 Å². The van der Waals surface area contributed by atoms with Crippen molar-refractivity contribution in [3.05, 3.63) is 64.5 Å². The molecule has 2 heterocycles. The van der Waals surface area contributed by atoms with Crippen molar-refractivity contribution >= 4 is 38.3 Å². The average molecular weight is 498 g/mol. The van der Waals surface area contributed by atoms with Crippen LogP contribution in [0.4, 0.5) is 11.4 Å². The molecule has 0 saturated carbocycles. The van der Waals surface area contributed by atoms with E-state index >= 15 is 0 Å². The van der Waals surface area contributed by atoms with Gasteiger partial charge in [0.1, 0.15) is 5.58 Å². The van der Waals surface area contributed by atoms with Crippen LogP contribution in [0, 0.1) is 5.92 Å². The zero-order chi connectivity index (χ0) is 25.2. The SMILES string of the molecule is CCN(CC)S(=O)(=O)c1ccc(N2CCC(C)CC2)c(C(=O)Nc2ccc3oc(=O)ccc3c2)c1. The van der Waals surface area contributed by atoms with Gasteiger partial charge in [0.25, 0.3) is 5.91 Å². The number of rotatable bonds is 7. The molecule has 3 aromatic rings. The van der Waals surface area contributed by atoms with Gasteiger partial charge in [-0.15, -0.1) is 0 Å². The summed E-state index contributed by atoms with van der Waals surface area (Å²) in [6, 6.07) is 12.8. The summed E-state index contributed by atoms with van der Waals surface area (Å²) >= 11 is 0. The van der Waals surface area contributed by atoms with E-state index in [0.717, 1.165) is 31.6 Å². The molecule has 1 aliphatic rings. The normalized spacial score (nSPS) is 15.0. The van der Waals surface area contributed by atoms with E-state index in [4.69, 9.17) is 4.42 Å². The molecule has 0 spiro atoms. The van der Waals surface area contributed by atoms with Crippen molar-refractivity contribution in [3.63, 3.8) is 0 Å². The largest absolute Gasteiger partial charge is 0.423 e. The summed E-state index contributed by atoms with van der Waals surface area (Å²) in [6.45, 7) is 8.10. The van der Waals surface area contributed by atoms with E-state index in [1.807, 2.05) is 0 Å². The molecule has 1 amide bonds. The molecule has 0 bridgehead atoms. The first-order valence-electron chi connectivity index (χ1n) is 12.0. The van der Waals surface area contributed by atoms with Gasteiger partial charge in [-0.2, -0.15) is 4.31 Å². The minimum Gasteiger partial charge on any atom is -0.423 e. The van der Waals surface area contributed by atoms with Crippen LogP contribution in [0.5, 0.6) is 0 Å². The Balaban J connectivity index is 1.72. The predicted molar refractivity (Wildman–Crippen MR) is 138 cm³/mol. The Labute approximate surface area is 205 Å². The molecule has 1 fully saturated rings. The topological polar surface area (TPSA) is 99.9 Å². The molecule has 1 aromatic heterocycles. The third-order valence-corrected chi connectivity index (χ3v) is 8.60. The van der Waals surface area contributed by atoms with Crippen LogP contribution in [-0.4, -0.2) is 44.8 Å². The van der Waals surface area contributed by atoms with E-state index in [1.165, 1.54) is 16.4 Å². The number of benzene rings is 2. The first-order valence-corrected chi connectivity index (χ1v) is 13.4. The zero-order valence-electron chi connectivity index (χ0n) is 20.3. The maximum absolute atomic E-state index is 13.5. The molecular weight excluding hydrogens is 466 g/mol. The van der Waals surface area contributed by atoms with Crippen LogP contribution in [0.25, 0.3) is 11.0 Å². The number of nitrogens with one attached hydrogen (secondary N) is 1. The third kappa shape index (κ3) is 5.26. The van der Waals surface area contributed by atoms with Crippen LogP contribution >= 0.6 is 0 Å². The fraction of sp³-hybridized carbons (Fsp3) is 0.385. The van der Waals surface area contributed by atoms with Gasteiger partial charge in [0, 0.05) is 49.0 Å². The molecule has 1 aliphatic heterocycles. The van der Waals surface area contributed by atoms with Crippen molar-refractivity contribution < 1.29 is 17.6 Å². The molecule has 1 saturated heterocycles. The Morgan fingerprint density at radius 1 is 1.06 bits per heavy atom. The standard InChI is InChI=1S/C26H31N3O5S/c1-4-29(5-2)35(32,33)21-8-9-23(28-14-12-18(3)13-15-28)22(17-21)26(31)27-20-7-10-24-19(16-20)6-11-25(30)34-24/h6-11,16-18H,4-5,12-15H2,1-3H3,(H,27,31). The molecule has 0 aliphatic carbocycles. The van der Waals surface area contributed by atoms with Crippen molar-refractivity contribution in [2.45, 2.75) is 38.5 Å². The van der Waals surface area contributed by atoms with Crippen LogP contribution in [0.15, 0.2) is 62.6 Å². The van der Waals surface area contributed by atoms with Crippen LogP contribution in [-0.2, 0) is 10.0 Å². The zero-order valence-corrected chi connectivity index (χ0v) is 21.1. The highest BCUT2D eigenvalue weighted by atomic mass is 32.2. The maximum Gasteiger partial charge on any atom is 0.336 e. The van der Waals surface area contributed by atoms with Crippen molar-refractivity contribution in [1.82, 2.24) is 4.31 Å². The summed E-state index contributed by atoms with van der Waals surface area (Å²) in [5, 5.41) is 3.57. The highest BCUT2D eigenvalue weighted by Gasteiger charge is 2.27. The molecule has 1 N–H and O–H groups in total.